The number of rotatable bonds is 7. The molecule has 0 fully saturated rings. The molecular weight excluding hydrogens is 318 g/mol. The summed E-state index contributed by atoms with van der Waals surface area (Å²) in [6.07, 6.45) is 1.80. The zero-order valence-corrected chi connectivity index (χ0v) is 13.4. The number of carbonyl (C=O) groups is 1. The third kappa shape index (κ3) is 5.56. The van der Waals surface area contributed by atoms with Crippen molar-refractivity contribution < 1.29 is 13.2 Å². The third-order valence-corrected chi connectivity index (χ3v) is 4.66. The van der Waals surface area contributed by atoms with Crippen LogP contribution in [0.5, 0.6) is 0 Å². The lowest BCUT2D eigenvalue weighted by Gasteiger charge is -2.07. The Hall–Kier alpha value is -0.980. The van der Waals surface area contributed by atoms with Crippen molar-refractivity contribution in [2.45, 2.75) is 11.8 Å². The number of amides is 1. The highest BCUT2D eigenvalue weighted by Gasteiger charge is 2.14. The molecule has 1 rings (SSSR count). The van der Waals surface area contributed by atoms with Crippen LogP contribution in [0.15, 0.2) is 35.7 Å². The van der Waals surface area contributed by atoms with Gasteiger partial charge in [0.25, 0.3) is 15.0 Å². The van der Waals surface area contributed by atoms with Gasteiger partial charge in [-0.05, 0) is 30.7 Å². The molecule has 0 aromatic heterocycles. The van der Waals surface area contributed by atoms with Crippen LogP contribution >= 0.6 is 22.4 Å². The van der Waals surface area contributed by atoms with Gasteiger partial charge in [0.1, 0.15) is 0 Å². The van der Waals surface area contributed by atoms with Crippen LogP contribution in [0.1, 0.15) is 15.9 Å². The highest BCUT2D eigenvalue weighted by molar-refractivity contribution is 8.13. The predicted octanol–water partition coefficient (Wildman–Crippen LogP) is 2.57. The maximum atomic E-state index is 11.9. The molecule has 1 aromatic carbocycles. The lowest BCUT2D eigenvalue weighted by atomic mass is 10.1. The largest absolute Gasteiger partial charge is 0.351 e. The van der Waals surface area contributed by atoms with Crippen molar-refractivity contribution in [2.24, 2.45) is 0 Å². The minimum Gasteiger partial charge on any atom is -0.351 e. The first-order valence-electron chi connectivity index (χ1n) is 5.88. The number of hydrogen-bond acceptors (Lipinski definition) is 4. The Labute approximate surface area is 128 Å². The molecule has 0 saturated heterocycles. The average Bonchev–Trinajstić information content (AvgIpc) is 2.36. The molecule has 7 heteroatoms. The Balaban J connectivity index is 2.73. The number of benzene rings is 1. The van der Waals surface area contributed by atoms with Gasteiger partial charge in [0.05, 0.1) is 4.90 Å². The molecule has 0 saturated carbocycles. The summed E-state index contributed by atoms with van der Waals surface area (Å²) >= 11 is 1.65. The summed E-state index contributed by atoms with van der Waals surface area (Å²) in [7, 11) is 1.46. The summed E-state index contributed by atoms with van der Waals surface area (Å²) in [5.74, 6) is 1.29. The fourth-order valence-electron chi connectivity index (χ4n) is 1.53. The second kappa shape index (κ2) is 7.71. The van der Waals surface area contributed by atoms with Crippen LogP contribution in [-0.2, 0) is 9.05 Å². The van der Waals surface area contributed by atoms with Crippen molar-refractivity contribution in [1.29, 1.82) is 0 Å². The van der Waals surface area contributed by atoms with Crippen LogP contribution in [0.2, 0.25) is 0 Å². The molecule has 0 aliphatic rings. The van der Waals surface area contributed by atoms with Gasteiger partial charge < -0.3 is 5.32 Å². The van der Waals surface area contributed by atoms with Gasteiger partial charge in [-0.15, -0.1) is 6.58 Å². The summed E-state index contributed by atoms with van der Waals surface area (Å²) in [5, 5.41) is 2.73. The molecule has 1 aromatic rings. The lowest BCUT2D eigenvalue weighted by molar-refractivity contribution is 0.0956. The van der Waals surface area contributed by atoms with E-state index in [2.05, 4.69) is 11.9 Å². The fourth-order valence-corrected chi connectivity index (χ4v) is 2.97. The second-order valence-corrected chi connectivity index (χ2v) is 7.81. The van der Waals surface area contributed by atoms with E-state index in [0.717, 1.165) is 11.5 Å². The van der Waals surface area contributed by atoms with Crippen LogP contribution in [0.4, 0.5) is 0 Å². The van der Waals surface area contributed by atoms with Crippen LogP contribution < -0.4 is 5.32 Å². The van der Waals surface area contributed by atoms with Crippen molar-refractivity contribution in [1.82, 2.24) is 5.32 Å². The summed E-state index contributed by atoms with van der Waals surface area (Å²) < 4.78 is 22.6. The number of aryl methyl sites for hydroxylation is 1. The van der Waals surface area contributed by atoms with Gasteiger partial charge in [0.2, 0.25) is 0 Å². The van der Waals surface area contributed by atoms with Crippen molar-refractivity contribution in [3.63, 3.8) is 0 Å². The number of halogens is 1. The molecule has 0 atom stereocenters. The van der Waals surface area contributed by atoms with E-state index in [0.29, 0.717) is 12.1 Å². The van der Waals surface area contributed by atoms with Gasteiger partial charge in [-0.3, -0.25) is 4.79 Å². The number of nitrogens with one attached hydrogen (secondary N) is 1. The molecule has 0 radical (unpaired) electrons. The highest BCUT2D eigenvalue weighted by atomic mass is 35.7. The molecule has 0 spiro atoms. The van der Waals surface area contributed by atoms with E-state index in [1.165, 1.54) is 12.1 Å². The van der Waals surface area contributed by atoms with Crippen LogP contribution in [0.25, 0.3) is 0 Å². The Morgan fingerprint density at radius 3 is 2.75 bits per heavy atom. The molecule has 0 bridgehead atoms. The van der Waals surface area contributed by atoms with Gasteiger partial charge in [-0.25, -0.2) is 8.42 Å². The van der Waals surface area contributed by atoms with Gasteiger partial charge in [0, 0.05) is 34.3 Å². The average molecular weight is 334 g/mol. The molecule has 0 aliphatic heterocycles. The molecule has 110 valence electrons. The Morgan fingerprint density at radius 1 is 1.45 bits per heavy atom. The fraction of sp³-hybridized carbons (Fsp3) is 0.308. The monoisotopic (exact) mass is 333 g/mol. The number of carbonyl (C=O) groups excluding carboxylic acids is 1. The lowest BCUT2D eigenvalue weighted by Crippen LogP contribution is -2.26. The van der Waals surface area contributed by atoms with Gasteiger partial charge in [0.15, 0.2) is 0 Å². The standard InChI is InChI=1S/C13H16ClNO3S2/c1-3-5-19-6-4-15-13(16)11-7-10(2)8-12(9-11)20(14,17)18/h3,7-9H,1,4-6H2,2H3,(H,15,16). The molecule has 0 aliphatic carbocycles. The zero-order chi connectivity index (χ0) is 15.2. The minimum absolute atomic E-state index is 0.0645. The smallest absolute Gasteiger partial charge is 0.261 e. The van der Waals surface area contributed by atoms with Crippen molar-refractivity contribution in [3.8, 4) is 0 Å². The van der Waals surface area contributed by atoms with E-state index in [1.807, 2.05) is 0 Å². The molecule has 20 heavy (non-hydrogen) atoms. The molecule has 4 nitrogen and oxygen atoms in total. The molecule has 0 heterocycles. The maximum absolute atomic E-state index is 11.9. The van der Waals surface area contributed by atoms with Crippen molar-refractivity contribution in [3.05, 3.63) is 42.0 Å². The van der Waals surface area contributed by atoms with Gasteiger partial charge in [-0.2, -0.15) is 11.8 Å². The van der Waals surface area contributed by atoms with Crippen LogP contribution in [-0.4, -0.2) is 32.4 Å². The van der Waals surface area contributed by atoms with E-state index < -0.39 is 9.05 Å². The van der Waals surface area contributed by atoms with Crippen molar-refractivity contribution in [2.75, 3.05) is 18.1 Å². The van der Waals surface area contributed by atoms with Crippen molar-refractivity contribution >= 4 is 37.4 Å². The normalized spacial score (nSPS) is 11.1. The maximum Gasteiger partial charge on any atom is 0.261 e. The topological polar surface area (TPSA) is 63.2 Å². The van der Waals surface area contributed by atoms with E-state index in [-0.39, 0.29) is 16.4 Å². The quantitative estimate of drug-likeness (QED) is 0.473. The first kappa shape index (κ1) is 17.1. The van der Waals surface area contributed by atoms with Crippen LogP contribution in [0, 0.1) is 6.92 Å². The summed E-state index contributed by atoms with van der Waals surface area (Å²) in [6.45, 7) is 5.82. The zero-order valence-electron chi connectivity index (χ0n) is 11.1. The Kier molecular flexibility index (Phi) is 6.58. The van der Waals surface area contributed by atoms with E-state index in [1.54, 1.807) is 30.8 Å². The first-order valence-corrected chi connectivity index (χ1v) is 9.34. The Morgan fingerprint density at radius 2 is 2.15 bits per heavy atom. The molecule has 1 amide bonds. The summed E-state index contributed by atoms with van der Waals surface area (Å²) in [6, 6.07) is 4.33. The SMILES string of the molecule is C=CCSCCNC(=O)c1cc(C)cc(S(=O)(=O)Cl)c1. The Bertz CT molecular complexity index is 600. The minimum atomic E-state index is -3.84. The molecular formula is C13H16ClNO3S2. The summed E-state index contributed by atoms with van der Waals surface area (Å²) in [5.41, 5.74) is 0.954. The van der Waals surface area contributed by atoms with E-state index in [9.17, 15) is 13.2 Å². The van der Waals surface area contributed by atoms with Crippen LogP contribution in [0.3, 0.4) is 0 Å². The van der Waals surface area contributed by atoms with E-state index in [4.69, 9.17) is 10.7 Å². The molecule has 0 unspecified atom stereocenters. The third-order valence-electron chi connectivity index (χ3n) is 2.36. The predicted molar refractivity (Wildman–Crippen MR) is 84.1 cm³/mol. The highest BCUT2D eigenvalue weighted by Crippen LogP contribution is 2.18. The summed E-state index contributed by atoms with van der Waals surface area (Å²) in [4.78, 5) is 11.9. The van der Waals surface area contributed by atoms with E-state index >= 15 is 0 Å². The van der Waals surface area contributed by atoms with Gasteiger partial charge >= 0.3 is 0 Å². The number of hydrogen-bond donors (Lipinski definition) is 1. The molecule has 1 N–H and O–H groups in total. The first-order chi connectivity index (χ1) is 9.34. The number of thioether (sulfide) groups is 1. The van der Waals surface area contributed by atoms with Gasteiger partial charge in [-0.1, -0.05) is 6.08 Å². The second-order valence-electron chi connectivity index (χ2n) is 4.09.